The molecule has 0 aliphatic carbocycles. The highest BCUT2D eigenvalue weighted by Crippen LogP contribution is 2.27. The average molecular weight is 418 g/mol. The van der Waals surface area contributed by atoms with Crippen molar-refractivity contribution in [2.24, 2.45) is 11.8 Å². The fraction of sp³-hybridized carbons (Fsp3) is 0.391. The third-order valence-corrected chi connectivity index (χ3v) is 4.80. The van der Waals surface area contributed by atoms with E-state index in [1.165, 1.54) is 0 Å². The highest BCUT2D eigenvalue weighted by Gasteiger charge is 2.27. The van der Waals surface area contributed by atoms with Crippen LogP contribution in [0.25, 0.3) is 11.1 Å². The quantitative estimate of drug-likeness (QED) is 0.477. The Hall–Kier alpha value is -2.37. The van der Waals surface area contributed by atoms with Crippen molar-refractivity contribution in [3.05, 3.63) is 59.1 Å². The van der Waals surface area contributed by atoms with Crippen molar-refractivity contribution in [2.75, 3.05) is 0 Å². The molecule has 2 aromatic carbocycles. The van der Waals surface area contributed by atoms with Crippen LogP contribution in [0, 0.1) is 5.92 Å². The van der Waals surface area contributed by atoms with Crippen molar-refractivity contribution in [3.8, 4) is 11.1 Å². The Morgan fingerprint density at radius 3 is 2.34 bits per heavy atom. The number of carbonyl (C=O) groups is 2. The minimum atomic E-state index is -0.633. The van der Waals surface area contributed by atoms with Gasteiger partial charge in [-0.2, -0.15) is 5.90 Å². The molecule has 0 aliphatic heterocycles. The number of hydrogen-bond donors (Lipinski definition) is 1. The number of rotatable bonds is 8. The third-order valence-electron chi connectivity index (χ3n) is 4.44. The number of nitrogens with two attached hydrogens (primary N) is 1. The first-order chi connectivity index (χ1) is 13.7. The van der Waals surface area contributed by atoms with Gasteiger partial charge in [0.1, 0.15) is 5.60 Å². The van der Waals surface area contributed by atoms with Gasteiger partial charge in [-0.15, -0.1) is 0 Å². The van der Waals surface area contributed by atoms with Crippen LogP contribution in [0.5, 0.6) is 0 Å². The highest BCUT2D eigenvalue weighted by molar-refractivity contribution is 6.31. The van der Waals surface area contributed by atoms with Gasteiger partial charge in [0, 0.05) is 5.02 Å². The minimum absolute atomic E-state index is 0.105. The SMILES string of the molecule is CC(C)(C)OC(=O)[C@H](CCCc1ccc(-c2ccccc2)cc1Cl)CC(=O)ON. The van der Waals surface area contributed by atoms with Crippen molar-refractivity contribution < 1.29 is 19.2 Å². The van der Waals surface area contributed by atoms with Gasteiger partial charge in [-0.3, -0.25) is 9.59 Å². The van der Waals surface area contributed by atoms with E-state index in [0.29, 0.717) is 24.3 Å². The molecule has 0 heterocycles. The predicted octanol–water partition coefficient (Wildman–Crippen LogP) is 5.09. The number of hydrogen-bond acceptors (Lipinski definition) is 5. The summed E-state index contributed by atoms with van der Waals surface area (Å²) in [5.74, 6) is 3.27. The van der Waals surface area contributed by atoms with Gasteiger partial charge in [0.15, 0.2) is 0 Å². The highest BCUT2D eigenvalue weighted by atomic mass is 35.5. The Morgan fingerprint density at radius 2 is 1.76 bits per heavy atom. The number of aryl methyl sites for hydroxylation is 1. The van der Waals surface area contributed by atoms with E-state index in [1.54, 1.807) is 20.8 Å². The molecule has 2 N–H and O–H groups in total. The fourth-order valence-corrected chi connectivity index (χ4v) is 3.31. The lowest BCUT2D eigenvalue weighted by molar-refractivity contribution is -0.164. The van der Waals surface area contributed by atoms with Crippen LogP contribution in [-0.4, -0.2) is 17.5 Å². The lowest BCUT2D eigenvalue weighted by Crippen LogP contribution is -2.30. The Balaban J connectivity index is 2.00. The van der Waals surface area contributed by atoms with E-state index in [9.17, 15) is 9.59 Å². The van der Waals surface area contributed by atoms with Gasteiger partial charge in [0.25, 0.3) is 0 Å². The zero-order valence-corrected chi connectivity index (χ0v) is 17.9. The molecule has 2 rings (SSSR count). The molecule has 1 atom stereocenters. The lowest BCUT2D eigenvalue weighted by Gasteiger charge is -2.23. The molecular formula is C23H28ClNO4. The van der Waals surface area contributed by atoms with Crippen molar-refractivity contribution in [3.63, 3.8) is 0 Å². The van der Waals surface area contributed by atoms with E-state index in [2.05, 4.69) is 4.84 Å². The molecule has 29 heavy (non-hydrogen) atoms. The Bertz CT molecular complexity index is 831. The van der Waals surface area contributed by atoms with Gasteiger partial charge < -0.3 is 9.57 Å². The van der Waals surface area contributed by atoms with Crippen LogP contribution in [0.4, 0.5) is 0 Å². The van der Waals surface area contributed by atoms with Gasteiger partial charge >= 0.3 is 11.9 Å². The van der Waals surface area contributed by atoms with E-state index in [-0.39, 0.29) is 6.42 Å². The summed E-state index contributed by atoms with van der Waals surface area (Å²) in [5.41, 5.74) is 2.53. The number of carbonyl (C=O) groups excluding carboxylic acids is 2. The molecule has 0 saturated carbocycles. The molecule has 0 bridgehead atoms. The van der Waals surface area contributed by atoms with Crippen LogP contribution < -0.4 is 5.90 Å². The lowest BCUT2D eigenvalue weighted by atomic mass is 9.95. The molecule has 0 spiro atoms. The van der Waals surface area contributed by atoms with E-state index >= 15 is 0 Å². The Kier molecular flexibility index (Phi) is 8.23. The van der Waals surface area contributed by atoms with Crippen molar-refractivity contribution in [2.45, 2.75) is 52.1 Å². The van der Waals surface area contributed by atoms with Crippen LogP contribution in [0.1, 0.15) is 45.6 Å². The van der Waals surface area contributed by atoms with Crippen LogP contribution in [0.15, 0.2) is 48.5 Å². The number of ether oxygens (including phenoxy) is 1. The molecule has 5 nitrogen and oxygen atoms in total. The second-order valence-electron chi connectivity index (χ2n) is 7.99. The summed E-state index contributed by atoms with van der Waals surface area (Å²) in [6.45, 7) is 5.37. The van der Waals surface area contributed by atoms with Gasteiger partial charge in [-0.05, 0) is 62.8 Å². The predicted molar refractivity (Wildman–Crippen MR) is 114 cm³/mol. The van der Waals surface area contributed by atoms with Crippen LogP contribution in [0.3, 0.4) is 0 Å². The summed E-state index contributed by atoms with van der Waals surface area (Å²) in [7, 11) is 0. The molecule has 0 radical (unpaired) electrons. The average Bonchev–Trinajstić information content (AvgIpc) is 2.67. The normalized spacial score (nSPS) is 12.3. The number of esters is 1. The fourth-order valence-electron chi connectivity index (χ4n) is 3.04. The smallest absolute Gasteiger partial charge is 0.325 e. The summed E-state index contributed by atoms with van der Waals surface area (Å²) >= 11 is 6.47. The maximum absolute atomic E-state index is 12.4. The molecule has 0 aliphatic rings. The van der Waals surface area contributed by atoms with Gasteiger partial charge in [-0.1, -0.05) is 54.1 Å². The maximum atomic E-state index is 12.4. The van der Waals surface area contributed by atoms with Crippen molar-refractivity contribution in [1.82, 2.24) is 0 Å². The molecule has 0 saturated heterocycles. The van der Waals surface area contributed by atoms with Gasteiger partial charge in [0.2, 0.25) is 0 Å². The molecule has 0 unspecified atom stereocenters. The van der Waals surface area contributed by atoms with E-state index < -0.39 is 23.5 Å². The van der Waals surface area contributed by atoms with E-state index in [0.717, 1.165) is 16.7 Å². The monoisotopic (exact) mass is 417 g/mol. The van der Waals surface area contributed by atoms with Crippen molar-refractivity contribution in [1.29, 1.82) is 0 Å². The first-order valence-electron chi connectivity index (χ1n) is 9.66. The largest absolute Gasteiger partial charge is 0.460 e. The standard InChI is InChI=1S/C23H28ClNO4/c1-23(2,3)28-22(27)19(15-21(26)29-25)11-7-10-17-12-13-18(14-20(17)24)16-8-5-4-6-9-16/h4-6,8-9,12-14,19H,7,10-11,15,25H2,1-3H3/t19-/m1/s1. The topological polar surface area (TPSA) is 78.6 Å². The van der Waals surface area contributed by atoms with E-state index in [4.69, 9.17) is 22.2 Å². The summed E-state index contributed by atoms with van der Waals surface area (Å²) in [4.78, 5) is 28.2. The molecule has 2 aromatic rings. The van der Waals surface area contributed by atoms with Crippen LogP contribution in [0.2, 0.25) is 5.02 Å². The number of benzene rings is 2. The molecule has 0 aromatic heterocycles. The second-order valence-corrected chi connectivity index (χ2v) is 8.40. The molecule has 156 valence electrons. The van der Waals surface area contributed by atoms with Gasteiger partial charge in [0.05, 0.1) is 12.3 Å². The maximum Gasteiger partial charge on any atom is 0.325 e. The third kappa shape index (κ3) is 7.52. The van der Waals surface area contributed by atoms with Crippen LogP contribution >= 0.6 is 11.6 Å². The van der Waals surface area contributed by atoms with Gasteiger partial charge in [-0.25, -0.2) is 0 Å². The molecular weight excluding hydrogens is 390 g/mol. The summed E-state index contributed by atoms with van der Waals surface area (Å²) in [5, 5.41) is 0.682. The Morgan fingerprint density at radius 1 is 1.07 bits per heavy atom. The zero-order valence-electron chi connectivity index (χ0n) is 17.1. The first-order valence-corrected chi connectivity index (χ1v) is 10.0. The summed E-state index contributed by atoms with van der Waals surface area (Å²) in [6.07, 6.45) is 1.73. The molecule has 0 amide bonds. The van der Waals surface area contributed by atoms with E-state index in [1.807, 2.05) is 48.5 Å². The minimum Gasteiger partial charge on any atom is -0.460 e. The van der Waals surface area contributed by atoms with Crippen LogP contribution in [-0.2, 0) is 25.6 Å². The summed E-state index contributed by atoms with van der Waals surface area (Å²) in [6, 6.07) is 16.0. The second kappa shape index (κ2) is 10.4. The first kappa shape index (κ1) is 22.9. The number of halogens is 1. The summed E-state index contributed by atoms with van der Waals surface area (Å²) < 4.78 is 5.42. The van der Waals surface area contributed by atoms with Crippen molar-refractivity contribution >= 4 is 23.5 Å². The Labute approximate surface area is 177 Å². The molecule has 0 fully saturated rings. The zero-order chi connectivity index (χ0) is 21.4. The molecule has 6 heteroatoms.